The molecule has 0 aromatic heterocycles. The Kier molecular flexibility index (Phi) is 4.73. The van der Waals surface area contributed by atoms with Crippen LogP contribution in [0.1, 0.15) is 24.1 Å². The molecule has 1 atom stereocenters. The molecule has 0 aliphatic carbocycles. The van der Waals surface area contributed by atoms with E-state index < -0.39 is 17.4 Å². The van der Waals surface area contributed by atoms with Crippen LogP contribution in [0.5, 0.6) is 5.75 Å². The van der Waals surface area contributed by atoms with Crippen molar-refractivity contribution in [1.29, 1.82) is 0 Å². The molecule has 2 aromatic rings. The Morgan fingerprint density at radius 2 is 1.80 bits per heavy atom. The first-order valence-electron chi connectivity index (χ1n) is 6.13. The quantitative estimate of drug-likeness (QED) is 0.869. The lowest BCUT2D eigenvalue weighted by atomic mass is 10.1. The number of rotatable bonds is 4. The van der Waals surface area contributed by atoms with Crippen molar-refractivity contribution in [3.8, 4) is 5.75 Å². The summed E-state index contributed by atoms with van der Waals surface area (Å²) in [6.07, 6.45) is 0. The molecule has 5 heteroatoms. The Labute approximate surface area is 124 Å². The molecule has 0 saturated carbocycles. The molecule has 2 rings (SSSR count). The first kappa shape index (κ1) is 14.9. The third-order valence-electron chi connectivity index (χ3n) is 3.06. The first-order valence-corrected chi connectivity index (χ1v) is 6.93. The van der Waals surface area contributed by atoms with Crippen LogP contribution in [0.3, 0.4) is 0 Å². The van der Waals surface area contributed by atoms with Gasteiger partial charge in [-0.1, -0.05) is 34.1 Å². The molecule has 0 spiro atoms. The topological polar surface area (TPSA) is 32.3 Å². The highest BCUT2D eigenvalue weighted by molar-refractivity contribution is 9.10. The Hall–Kier alpha value is -1.46. The molecule has 0 radical (unpaired) electrons. The number of halogens is 3. The van der Waals surface area contributed by atoms with E-state index in [9.17, 15) is 8.78 Å². The van der Waals surface area contributed by atoms with Crippen molar-refractivity contribution in [2.24, 2.45) is 0 Å². The van der Waals surface area contributed by atoms with E-state index in [0.717, 1.165) is 22.2 Å². The van der Waals surface area contributed by atoms with Gasteiger partial charge in [-0.3, -0.25) is 0 Å². The number of benzene rings is 2. The monoisotopic (exact) mass is 341 g/mol. The fourth-order valence-corrected chi connectivity index (χ4v) is 2.56. The van der Waals surface area contributed by atoms with Crippen LogP contribution < -0.4 is 5.32 Å². The van der Waals surface area contributed by atoms with Crippen molar-refractivity contribution in [2.45, 2.75) is 19.5 Å². The molecule has 0 bridgehead atoms. The van der Waals surface area contributed by atoms with Gasteiger partial charge >= 0.3 is 0 Å². The number of nitrogens with one attached hydrogen (secondary N) is 1. The summed E-state index contributed by atoms with van der Waals surface area (Å²) >= 11 is 3.46. The van der Waals surface area contributed by atoms with E-state index in [1.165, 1.54) is 0 Å². The molecule has 0 fully saturated rings. The second-order valence-corrected chi connectivity index (χ2v) is 5.39. The van der Waals surface area contributed by atoms with Gasteiger partial charge in [0.2, 0.25) is 0 Å². The highest BCUT2D eigenvalue weighted by Crippen LogP contribution is 2.24. The van der Waals surface area contributed by atoms with Crippen LogP contribution in [0.15, 0.2) is 40.9 Å². The highest BCUT2D eigenvalue weighted by atomic mass is 79.9. The SMILES string of the molecule is CC(NCc1cc(F)c(O)c(F)c1)c1ccccc1Br. The molecule has 2 aromatic carbocycles. The summed E-state index contributed by atoms with van der Waals surface area (Å²) in [6.45, 7) is 2.27. The zero-order valence-corrected chi connectivity index (χ0v) is 12.4. The standard InChI is InChI=1S/C15H14BrF2NO/c1-9(11-4-2-3-5-12(11)16)19-8-10-6-13(17)15(20)14(18)7-10/h2-7,9,19-20H,8H2,1H3. The molecule has 0 heterocycles. The van der Waals surface area contributed by atoms with Crippen molar-refractivity contribution in [2.75, 3.05) is 0 Å². The predicted molar refractivity (Wildman–Crippen MR) is 77.4 cm³/mol. The van der Waals surface area contributed by atoms with Crippen molar-refractivity contribution < 1.29 is 13.9 Å². The maximum atomic E-state index is 13.2. The normalized spacial score (nSPS) is 12.4. The van der Waals surface area contributed by atoms with Gasteiger partial charge in [0.25, 0.3) is 0 Å². The minimum Gasteiger partial charge on any atom is -0.503 e. The first-order chi connectivity index (χ1) is 9.49. The lowest BCUT2D eigenvalue weighted by molar-refractivity contribution is 0.394. The fraction of sp³-hybridized carbons (Fsp3) is 0.200. The average Bonchev–Trinajstić information content (AvgIpc) is 2.42. The van der Waals surface area contributed by atoms with Gasteiger partial charge in [-0.25, -0.2) is 8.78 Å². The van der Waals surface area contributed by atoms with E-state index in [2.05, 4.69) is 21.2 Å². The summed E-state index contributed by atoms with van der Waals surface area (Å²) in [4.78, 5) is 0. The molecule has 1 unspecified atom stereocenters. The molecule has 2 nitrogen and oxygen atoms in total. The molecule has 20 heavy (non-hydrogen) atoms. The average molecular weight is 342 g/mol. The summed E-state index contributed by atoms with van der Waals surface area (Å²) in [7, 11) is 0. The Bertz CT molecular complexity index is 596. The summed E-state index contributed by atoms with van der Waals surface area (Å²) in [6, 6.07) is 10.0. The number of hydrogen-bond donors (Lipinski definition) is 2. The summed E-state index contributed by atoms with van der Waals surface area (Å²) in [5.41, 5.74) is 1.50. The van der Waals surface area contributed by atoms with Gasteiger partial charge in [0.1, 0.15) is 0 Å². The van der Waals surface area contributed by atoms with Gasteiger partial charge in [0.05, 0.1) is 0 Å². The molecular weight excluding hydrogens is 328 g/mol. The third kappa shape index (κ3) is 3.35. The van der Waals surface area contributed by atoms with E-state index in [4.69, 9.17) is 5.11 Å². The number of phenols is 1. The molecule has 0 aliphatic rings. The highest BCUT2D eigenvalue weighted by Gasteiger charge is 2.11. The second kappa shape index (κ2) is 6.33. The van der Waals surface area contributed by atoms with Crippen LogP contribution in [0, 0.1) is 11.6 Å². The zero-order chi connectivity index (χ0) is 14.7. The Morgan fingerprint density at radius 1 is 1.20 bits per heavy atom. The third-order valence-corrected chi connectivity index (χ3v) is 3.78. The molecule has 0 aliphatic heterocycles. The van der Waals surface area contributed by atoms with Gasteiger partial charge in [-0.05, 0) is 36.2 Å². The Morgan fingerprint density at radius 3 is 2.40 bits per heavy atom. The molecule has 0 saturated heterocycles. The lowest BCUT2D eigenvalue weighted by Crippen LogP contribution is -2.18. The zero-order valence-electron chi connectivity index (χ0n) is 10.8. The number of phenolic OH excluding ortho intramolecular Hbond substituents is 1. The van der Waals surface area contributed by atoms with Crippen LogP contribution in [0.25, 0.3) is 0 Å². The Balaban J connectivity index is 2.07. The largest absolute Gasteiger partial charge is 0.503 e. The number of aromatic hydroxyl groups is 1. The fourth-order valence-electron chi connectivity index (χ4n) is 1.93. The van der Waals surface area contributed by atoms with Gasteiger partial charge in [0.15, 0.2) is 17.4 Å². The minimum absolute atomic E-state index is 0.0190. The van der Waals surface area contributed by atoms with Crippen LogP contribution in [-0.4, -0.2) is 5.11 Å². The maximum absolute atomic E-state index is 13.2. The van der Waals surface area contributed by atoms with E-state index in [0.29, 0.717) is 12.1 Å². The van der Waals surface area contributed by atoms with E-state index >= 15 is 0 Å². The minimum atomic E-state index is -0.949. The van der Waals surface area contributed by atoms with Crippen LogP contribution in [0.2, 0.25) is 0 Å². The lowest BCUT2D eigenvalue weighted by Gasteiger charge is -2.16. The smallest absolute Gasteiger partial charge is 0.187 e. The van der Waals surface area contributed by atoms with Crippen molar-refractivity contribution in [3.63, 3.8) is 0 Å². The van der Waals surface area contributed by atoms with Crippen LogP contribution >= 0.6 is 15.9 Å². The van der Waals surface area contributed by atoms with Crippen molar-refractivity contribution in [1.82, 2.24) is 5.32 Å². The van der Waals surface area contributed by atoms with Gasteiger partial charge in [0, 0.05) is 17.1 Å². The summed E-state index contributed by atoms with van der Waals surface area (Å²) in [5, 5.41) is 12.2. The predicted octanol–water partition coefficient (Wildman–Crippen LogP) is 4.28. The molecule has 0 amide bonds. The molecule has 2 N–H and O–H groups in total. The molecule has 106 valence electrons. The maximum Gasteiger partial charge on any atom is 0.187 e. The van der Waals surface area contributed by atoms with Gasteiger partial charge in [-0.15, -0.1) is 0 Å². The van der Waals surface area contributed by atoms with Gasteiger partial charge in [-0.2, -0.15) is 0 Å². The van der Waals surface area contributed by atoms with Crippen molar-refractivity contribution in [3.05, 3.63) is 63.6 Å². The summed E-state index contributed by atoms with van der Waals surface area (Å²) < 4.78 is 27.4. The van der Waals surface area contributed by atoms with Crippen LogP contribution in [0.4, 0.5) is 8.78 Å². The number of hydrogen-bond acceptors (Lipinski definition) is 2. The van der Waals surface area contributed by atoms with E-state index in [1.807, 2.05) is 31.2 Å². The second-order valence-electron chi connectivity index (χ2n) is 4.53. The van der Waals surface area contributed by atoms with Crippen LogP contribution in [-0.2, 0) is 6.54 Å². The summed E-state index contributed by atoms with van der Waals surface area (Å²) in [5.74, 6) is -2.83. The van der Waals surface area contributed by atoms with E-state index in [1.54, 1.807) is 0 Å². The van der Waals surface area contributed by atoms with E-state index in [-0.39, 0.29) is 6.04 Å². The van der Waals surface area contributed by atoms with Gasteiger partial charge < -0.3 is 10.4 Å². The van der Waals surface area contributed by atoms with Crippen molar-refractivity contribution >= 4 is 15.9 Å². The molecular formula is C15H14BrF2NO.